The molecule has 0 bridgehead atoms. The molecule has 0 aliphatic rings. The molecule has 0 amide bonds. The van der Waals surface area contributed by atoms with Crippen molar-refractivity contribution in [1.82, 2.24) is 14.5 Å². The highest BCUT2D eigenvalue weighted by Gasteiger charge is 2.20. The Morgan fingerprint density at radius 3 is 2.53 bits per heavy atom. The van der Waals surface area contributed by atoms with Gasteiger partial charge in [0, 0.05) is 35.5 Å². The van der Waals surface area contributed by atoms with E-state index in [4.69, 9.17) is 16.3 Å². The number of carbonyl (C=O) groups is 1. The van der Waals surface area contributed by atoms with Gasteiger partial charge in [0.25, 0.3) is 0 Å². The van der Waals surface area contributed by atoms with Crippen LogP contribution in [0.15, 0.2) is 79.0 Å². The first kappa shape index (κ1) is 25.4. The Morgan fingerprint density at radius 1 is 1.05 bits per heavy atom. The SMILES string of the molecule is CC(C(=O)O)c1ccc(Cn2c(-c3cccnc3OCc3ccccc3Cl)nc3cc(F)c(F)cc32)cc1. The molecule has 0 aliphatic heterocycles. The Labute approximate surface area is 222 Å². The molecule has 9 heteroatoms. The Hall–Kier alpha value is -4.30. The summed E-state index contributed by atoms with van der Waals surface area (Å²) in [4.78, 5) is 20.3. The summed E-state index contributed by atoms with van der Waals surface area (Å²) >= 11 is 6.27. The van der Waals surface area contributed by atoms with Gasteiger partial charge in [0.05, 0.1) is 22.5 Å². The van der Waals surface area contributed by atoms with Crippen LogP contribution in [0.25, 0.3) is 22.4 Å². The summed E-state index contributed by atoms with van der Waals surface area (Å²) in [7, 11) is 0. The first-order valence-electron chi connectivity index (χ1n) is 11.8. The maximum absolute atomic E-state index is 14.3. The molecule has 192 valence electrons. The number of carboxylic acid groups (broad SMARTS) is 1. The van der Waals surface area contributed by atoms with E-state index in [0.29, 0.717) is 27.5 Å². The average molecular weight is 534 g/mol. The number of rotatable bonds is 8. The second-order valence-corrected chi connectivity index (χ2v) is 9.22. The van der Waals surface area contributed by atoms with Gasteiger partial charge in [-0.1, -0.05) is 54.1 Å². The third kappa shape index (κ3) is 5.08. The van der Waals surface area contributed by atoms with Crippen LogP contribution in [0.1, 0.15) is 29.5 Å². The van der Waals surface area contributed by atoms with Crippen LogP contribution < -0.4 is 4.74 Å². The molecule has 0 fully saturated rings. The van der Waals surface area contributed by atoms with Crippen molar-refractivity contribution in [3.05, 3.63) is 112 Å². The summed E-state index contributed by atoms with van der Waals surface area (Å²) in [5.74, 6) is -2.86. The maximum atomic E-state index is 14.3. The first-order valence-corrected chi connectivity index (χ1v) is 12.2. The molecule has 5 rings (SSSR count). The van der Waals surface area contributed by atoms with Crippen LogP contribution in [0.3, 0.4) is 0 Å². The van der Waals surface area contributed by atoms with E-state index in [9.17, 15) is 18.7 Å². The van der Waals surface area contributed by atoms with Crippen molar-refractivity contribution in [1.29, 1.82) is 0 Å². The van der Waals surface area contributed by atoms with Crippen molar-refractivity contribution < 1.29 is 23.4 Å². The van der Waals surface area contributed by atoms with Crippen molar-refractivity contribution in [3.8, 4) is 17.3 Å². The summed E-state index contributed by atoms with van der Waals surface area (Å²) in [6.07, 6.45) is 1.58. The highest BCUT2D eigenvalue weighted by atomic mass is 35.5. The lowest BCUT2D eigenvalue weighted by molar-refractivity contribution is -0.138. The number of halogens is 3. The van der Waals surface area contributed by atoms with E-state index in [1.807, 2.05) is 30.3 Å². The van der Waals surface area contributed by atoms with E-state index in [-0.39, 0.29) is 24.5 Å². The van der Waals surface area contributed by atoms with Gasteiger partial charge >= 0.3 is 5.97 Å². The first-order chi connectivity index (χ1) is 18.3. The van der Waals surface area contributed by atoms with Crippen LogP contribution in [-0.4, -0.2) is 25.6 Å². The third-order valence-corrected chi connectivity index (χ3v) is 6.68. The molecule has 6 nitrogen and oxygen atoms in total. The molecule has 0 saturated heterocycles. The molecule has 0 aliphatic carbocycles. The molecular weight excluding hydrogens is 512 g/mol. The van der Waals surface area contributed by atoms with E-state index in [0.717, 1.165) is 23.3 Å². The van der Waals surface area contributed by atoms with Crippen LogP contribution >= 0.6 is 11.6 Å². The maximum Gasteiger partial charge on any atom is 0.310 e. The Balaban J connectivity index is 1.56. The van der Waals surface area contributed by atoms with Crippen LogP contribution in [-0.2, 0) is 17.9 Å². The molecule has 1 atom stereocenters. The zero-order chi connectivity index (χ0) is 26.8. The number of hydrogen-bond acceptors (Lipinski definition) is 4. The minimum Gasteiger partial charge on any atom is -0.481 e. The summed E-state index contributed by atoms with van der Waals surface area (Å²) in [6, 6.07) is 20.1. The highest BCUT2D eigenvalue weighted by Crippen LogP contribution is 2.33. The van der Waals surface area contributed by atoms with Gasteiger partial charge in [-0.3, -0.25) is 4.79 Å². The van der Waals surface area contributed by atoms with Gasteiger partial charge in [-0.15, -0.1) is 0 Å². The summed E-state index contributed by atoms with van der Waals surface area (Å²) in [5, 5.41) is 9.85. The quantitative estimate of drug-likeness (QED) is 0.236. The molecule has 0 radical (unpaired) electrons. The van der Waals surface area contributed by atoms with E-state index in [1.165, 1.54) is 0 Å². The molecular formula is C29H22ClF2N3O3. The number of carboxylic acids is 1. The van der Waals surface area contributed by atoms with Gasteiger partial charge in [0.15, 0.2) is 11.6 Å². The standard InChI is InChI=1S/C29H22ClF2N3O3/c1-17(29(36)37)19-10-8-18(9-11-19)15-35-26-14-24(32)23(31)13-25(26)34-27(35)21-6-4-12-33-28(21)38-16-20-5-2-3-7-22(20)30/h2-14,17H,15-16H2,1H3,(H,36,37). The number of aromatic nitrogens is 3. The Kier molecular flexibility index (Phi) is 7.07. The molecule has 1 N–H and O–H groups in total. The number of hydrogen-bond donors (Lipinski definition) is 1. The zero-order valence-electron chi connectivity index (χ0n) is 20.2. The minimum atomic E-state index is -0.998. The molecule has 3 aromatic carbocycles. The number of imidazole rings is 1. The summed E-state index contributed by atoms with van der Waals surface area (Å²) < 4.78 is 36.2. The minimum absolute atomic E-state index is 0.163. The fourth-order valence-electron chi connectivity index (χ4n) is 4.16. The molecule has 2 heterocycles. The van der Waals surface area contributed by atoms with Crippen LogP contribution in [0.4, 0.5) is 8.78 Å². The monoisotopic (exact) mass is 533 g/mol. The number of benzene rings is 3. The van der Waals surface area contributed by atoms with Crippen molar-refractivity contribution >= 4 is 28.6 Å². The van der Waals surface area contributed by atoms with Crippen LogP contribution in [0.2, 0.25) is 5.02 Å². The smallest absolute Gasteiger partial charge is 0.310 e. The van der Waals surface area contributed by atoms with Crippen LogP contribution in [0, 0.1) is 11.6 Å². The van der Waals surface area contributed by atoms with Crippen molar-refractivity contribution in [2.75, 3.05) is 0 Å². The summed E-state index contributed by atoms with van der Waals surface area (Å²) in [5.41, 5.74) is 3.46. The molecule has 2 aromatic heterocycles. The number of aliphatic carboxylic acids is 1. The predicted octanol–water partition coefficient (Wildman–Crippen LogP) is 6.85. The molecule has 0 spiro atoms. The van der Waals surface area contributed by atoms with Gasteiger partial charge in [0.2, 0.25) is 5.88 Å². The average Bonchev–Trinajstić information content (AvgIpc) is 3.25. The fourth-order valence-corrected chi connectivity index (χ4v) is 4.35. The Bertz CT molecular complexity index is 1640. The second-order valence-electron chi connectivity index (χ2n) is 8.81. The van der Waals surface area contributed by atoms with E-state index >= 15 is 0 Å². The van der Waals surface area contributed by atoms with Gasteiger partial charge < -0.3 is 14.4 Å². The number of pyridine rings is 1. The summed E-state index contributed by atoms with van der Waals surface area (Å²) in [6.45, 7) is 2.04. The molecule has 1 unspecified atom stereocenters. The van der Waals surface area contributed by atoms with Crippen molar-refractivity contribution in [3.63, 3.8) is 0 Å². The van der Waals surface area contributed by atoms with Crippen LogP contribution in [0.5, 0.6) is 5.88 Å². The number of fused-ring (bicyclic) bond motifs is 1. The van der Waals surface area contributed by atoms with Gasteiger partial charge in [-0.25, -0.2) is 18.7 Å². The lowest BCUT2D eigenvalue weighted by atomic mass is 10.00. The fraction of sp³-hybridized carbons (Fsp3) is 0.138. The predicted molar refractivity (Wildman–Crippen MR) is 140 cm³/mol. The van der Waals surface area contributed by atoms with Crippen molar-refractivity contribution in [2.45, 2.75) is 26.0 Å². The normalized spacial score (nSPS) is 12.0. The molecule has 5 aromatic rings. The number of ether oxygens (including phenoxy) is 1. The van der Waals surface area contributed by atoms with E-state index < -0.39 is 23.5 Å². The zero-order valence-corrected chi connectivity index (χ0v) is 21.0. The number of nitrogens with zero attached hydrogens (tertiary/aromatic N) is 3. The lowest BCUT2D eigenvalue weighted by Gasteiger charge is -2.14. The lowest BCUT2D eigenvalue weighted by Crippen LogP contribution is -2.08. The van der Waals surface area contributed by atoms with Gasteiger partial charge in [-0.2, -0.15) is 0 Å². The second kappa shape index (κ2) is 10.6. The van der Waals surface area contributed by atoms with Gasteiger partial charge in [-0.05, 0) is 36.2 Å². The van der Waals surface area contributed by atoms with Gasteiger partial charge in [0.1, 0.15) is 12.4 Å². The largest absolute Gasteiger partial charge is 0.481 e. The molecule has 38 heavy (non-hydrogen) atoms. The van der Waals surface area contributed by atoms with Crippen molar-refractivity contribution in [2.24, 2.45) is 0 Å². The molecule has 0 saturated carbocycles. The Morgan fingerprint density at radius 2 is 1.79 bits per heavy atom. The van der Waals surface area contributed by atoms with E-state index in [1.54, 1.807) is 48.0 Å². The topological polar surface area (TPSA) is 77.2 Å². The highest BCUT2D eigenvalue weighted by molar-refractivity contribution is 6.31. The van der Waals surface area contributed by atoms with E-state index in [2.05, 4.69) is 9.97 Å². The third-order valence-electron chi connectivity index (χ3n) is 6.32.